The number of hydrogen-bond acceptors (Lipinski definition) is 3. The van der Waals surface area contributed by atoms with Gasteiger partial charge >= 0.3 is 6.18 Å². The van der Waals surface area contributed by atoms with Crippen molar-refractivity contribution in [1.29, 1.82) is 0 Å². The number of benzene rings is 2. The monoisotopic (exact) mass is 440 g/mol. The molecule has 0 saturated carbocycles. The van der Waals surface area contributed by atoms with Crippen LogP contribution in [0.3, 0.4) is 0 Å². The van der Waals surface area contributed by atoms with E-state index >= 15 is 0 Å². The van der Waals surface area contributed by atoms with Crippen molar-refractivity contribution in [1.82, 2.24) is 20.0 Å². The number of rotatable bonds is 3. The Bertz CT molecular complexity index is 1290. The SMILES string of the molecule is C=CC(=O)N1CC(N2Cc3ccc(-c4c(C)ccc5[nH]ncc45)c(C(F)(F)F)c3C2=O)C1. The summed E-state index contributed by atoms with van der Waals surface area (Å²) in [5.41, 5.74) is 0.771. The molecule has 2 amide bonds. The molecule has 0 aliphatic carbocycles. The van der Waals surface area contributed by atoms with Gasteiger partial charge in [-0.1, -0.05) is 24.8 Å². The van der Waals surface area contributed by atoms with Crippen LogP contribution in [-0.2, 0) is 17.5 Å². The average molecular weight is 440 g/mol. The Hall–Kier alpha value is -3.62. The number of alkyl halides is 3. The number of aromatic amines is 1. The van der Waals surface area contributed by atoms with Crippen LogP contribution in [0.15, 0.2) is 43.1 Å². The summed E-state index contributed by atoms with van der Waals surface area (Å²) in [5, 5.41) is 7.32. The first-order chi connectivity index (χ1) is 15.2. The Labute approximate surface area is 181 Å². The second kappa shape index (κ2) is 6.94. The number of aromatic nitrogens is 2. The number of fused-ring (bicyclic) bond motifs is 2. The molecular weight excluding hydrogens is 421 g/mol. The maximum atomic E-state index is 14.4. The van der Waals surface area contributed by atoms with Crippen LogP contribution in [0.2, 0.25) is 0 Å². The van der Waals surface area contributed by atoms with Gasteiger partial charge in [-0.15, -0.1) is 0 Å². The number of amides is 2. The van der Waals surface area contributed by atoms with Crippen LogP contribution in [0, 0.1) is 6.92 Å². The number of hydrogen-bond donors (Lipinski definition) is 1. The molecule has 32 heavy (non-hydrogen) atoms. The van der Waals surface area contributed by atoms with Crippen LogP contribution in [0.25, 0.3) is 22.0 Å². The van der Waals surface area contributed by atoms with E-state index in [2.05, 4.69) is 16.8 Å². The van der Waals surface area contributed by atoms with E-state index in [-0.39, 0.29) is 42.7 Å². The van der Waals surface area contributed by atoms with Gasteiger partial charge in [-0.25, -0.2) is 0 Å². The van der Waals surface area contributed by atoms with Gasteiger partial charge in [-0.2, -0.15) is 18.3 Å². The van der Waals surface area contributed by atoms with Crippen molar-refractivity contribution in [3.05, 3.63) is 65.4 Å². The van der Waals surface area contributed by atoms with Crippen molar-refractivity contribution >= 4 is 22.7 Å². The first kappa shape index (κ1) is 20.3. The smallest absolute Gasteiger partial charge is 0.335 e. The van der Waals surface area contributed by atoms with Gasteiger partial charge in [0, 0.05) is 25.0 Å². The van der Waals surface area contributed by atoms with Gasteiger partial charge in [0.1, 0.15) is 0 Å². The quantitative estimate of drug-likeness (QED) is 0.628. The van der Waals surface area contributed by atoms with Crippen molar-refractivity contribution in [2.75, 3.05) is 13.1 Å². The van der Waals surface area contributed by atoms with Crippen LogP contribution in [0.5, 0.6) is 0 Å². The second-order valence-electron chi connectivity index (χ2n) is 8.14. The van der Waals surface area contributed by atoms with Crippen LogP contribution < -0.4 is 0 Å². The van der Waals surface area contributed by atoms with E-state index in [0.717, 1.165) is 0 Å². The van der Waals surface area contributed by atoms with E-state index in [0.29, 0.717) is 27.6 Å². The number of likely N-dealkylation sites (tertiary alicyclic amines) is 1. The summed E-state index contributed by atoms with van der Waals surface area (Å²) in [7, 11) is 0. The summed E-state index contributed by atoms with van der Waals surface area (Å²) in [6.45, 7) is 5.83. The van der Waals surface area contributed by atoms with Gasteiger partial charge in [0.05, 0.1) is 28.9 Å². The van der Waals surface area contributed by atoms with E-state index < -0.39 is 17.6 Å². The molecular formula is C23H19F3N4O2. The minimum atomic E-state index is -4.73. The highest BCUT2D eigenvalue weighted by atomic mass is 19.4. The fourth-order valence-electron chi connectivity index (χ4n) is 4.66. The third-order valence-electron chi connectivity index (χ3n) is 6.28. The largest absolute Gasteiger partial charge is 0.417 e. The Balaban J connectivity index is 1.61. The molecule has 6 nitrogen and oxygen atoms in total. The van der Waals surface area contributed by atoms with E-state index in [1.54, 1.807) is 25.1 Å². The van der Waals surface area contributed by atoms with E-state index in [9.17, 15) is 22.8 Å². The second-order valence-corrected chi connectivity index (χ2v) is 8.14. The highest BCUT2D eigenvalue weighted by molar-refractivity contribution is 6.05. The summed E-state index contributed by atoms with van der Waals surface area (Å²) in [4.78, 5) is 27.9. The molecule has 2 aromatic carbocycles. The predicted octanol–water partition coefficient (Wildman–Crippen LogP) is 3.91. The van der Waals surface area contributed by atoms with Crippen molar-refractivity contribution in [3.8, 4) is 11.1 Å². The molecule has 2 aliphatic heterocycles. The van der Waals surface area contributed by atoms with E-state index in [1.165, 1.54) is 28.1 Å². The average Bonchev–Trinajstić information content (AvgIpc) is 3.30. The zero-order valence-electron chi connectivity index (χ0n) is 17.2. The molecule has 9 heteroatoms. The molecule has 0 atom stereocenters. The van der Waals surface area contributed by atoms with Gasteiger partial charge in [0.15, 0.2) is 0 Å². The zero-order chi connectivity index (χ0) is 22.8. The molecule has 5 rings (SSSR count). The van der Waals surface area contributed by atoms with Crippen molar-refractivity contribution in [3.63, 3.8) is 0 Å². The third-order valence-corrected chi connectivity index (χ3v) is 6.28. The summed E-state index contributed by atoms with van der Waals surface area (Å²) < 4.78 is 43.2. The van der Waals surface area contributed by atoms with Crippen molar-refractivity contribution < 1.29 is 22.8 Å². The molecule has 3 aromatic rings. The Kier molecular flexibility index (Phi) is 4.40. The molecule has 3 heterocycles. The molecule has 164 valence electrons. The topological polar surface area (TPSA) is 69.3 Å². The van der Waals surface area contributed by atoms with Crippen LogP contribution in [0.1, 0.15) is 27.0 Å². The lowest BCUT2D eigenvalue weighted by molar-refractivity contribution is -0.137. The number of H-pyrrole nitrogens is 1. The van der Waals surface area contributed by atoms with Crippen LogP contribution in [-0.4, -0.2) is 50.9 Å². The van der Waals surface area contributed by atoms with Gasteiger partial charge in [-0.3, -0.25) is 14.7 Å². The molecule has 1 fully saturated rings. The predicted molar refractivity (Wildman–Crippen MR) is 112 cm³/mol. The third kappa shape index (κ3) is 2.91. The van der Waals surface area contributed by atoms with Gasteiger partial charge in [-0.05, 0) is 41.3 Å². The number of nitrogens with zero attached hydrogens (tertiary/aromatic N) is 3. The Morgan fingerprint density at radius 3 is 2.66 bits per heavy atom. The lowest BCUT2D eigenvalue weighted by Crippen LogP contribution is -2.60. The number of carbonyl (C=O) groups is 2. The zero-order valence-corrected chi connectivity index (χ0v) is 17.2. The molecule has 0 spiro atoms. The standard InChI is InChI=1S/C23H19F3N4O2/c1-3-18(31)29-10-14(11-29)30-9-13-5-6-15(21(23(24,25)26)20(13)22(30)32)19-12(2)4-7-17-16(19)8-27-28-17/h3-8,14H,1,9-11H2,2H3,(H,27,28). The van der Waals surface area contributed by atoms with Gasteiger partial charge < -0.3 is 9.80 Å². The molecule has 1 aromatic heterocycles. The minimum absolute atomic E-state index is 0.0342. The fourth-order valence-corrected chi connectivity index (χ4v) is 4.66. The summed E-state index contributed by atoms with van der Waals surface area (Å²) in [6, 6.07) is 6.23. The molecule has 0 unspecified atom stereocenters. The van der Waals surface area contributed by atoms with Crippen LogP contribution in [0.4, 0.5) is 13.2 Å². The number of halogens is 3. The van der Waals surface area contributed by atoms with Crippen molar-refractivity contribution in [2.45, 2.75) is 25.7 Å². The first-order valence-corrected chi connectivity index (χ1v) is 10.1. The van der Waals surface area contributed by atoms with Crippen molar-refractivity contribution in [2.24, 2.45) is 0 Å². The summed E-state index contributed by atoms with van der Waals surface area (Å²) in [6.07, 6.45) is -2.04. The van der Waals surface area contributed by atoms with Crippen LogP contribution >= 0.6 is 0 Å². The normalized spacial score (nSPS) is 16.4. The van der Waals surface area contributed by atoms with E-state index in [1.807, 2.05) is 0 Å². The first-order valence-electron chi connectivity index (χ1n) is 10.1. The maximum absolute atomic E-state index is 14.4. The summed E-state index contributed by atoms with van der Waals surface area (Å²) >= 11 is 0. The Morgan fingerprint density at radius 2 is 1.97 bits per heavy atom. The maximum Gasteiger partial charge on any atom is 0.417 e. The molecule has 1 N–H and O–H groups in total. The summed E-state index contributed by atoms with van der Waals surface area (Å²) in [5.74, 6) is -0.908. The fraction of sp³-hybridized carbons (Fsp3) is 0.261. The van der Waals surface area contributed by atoms with Gasteiger partial charge in [0.25, 0.3) is 5.91 Å². The van der Waals surface area contributed by atoms with E-state index in [4.69, 9.17) is 0 Å². The molecule has 1 saturated heterocycles. The van der Waals surface area contributed by atoms with Gasteiger partial charge in [0.2, 0.25) is 5.91 Å². The lowest BCUT2D eigenvalue weighted by Gasteiger charge is -2.43. The molecule has 0 bridgehead atoms. The number of carbonyl (C=O) groups excluding carboxylic acids is 2. The minimum Gasteiger partial charge on any atom is -0.335 e. The lowest BCUT2D eigenvalue weighted by atomic mass is 9.89. The molecule has 2 aliphatic rings. The highest BCUT2D eigenvalue weighted by Gasteiger charge is 2.46. The number of nitrogens with one attached hydrogen (secondary N) is 1. The molecule has 0 radical (unpaired) electrons. The highest BCUT2D eigenvalue weighted by Crippen LogP contribution is 2.46. The Morgan fingerprint density at radius 1 is 1.22 bits per heavy atom. The number of aryl methyl sites for hydroxylation is 1.